The topological polar surface area (TPSA) is 63.9 Å². The average Bonchev–Trinajstić information content (AvgIpc) is 3.13. The zero-order chi connectivity index (χ0) is 18.2. The van der Waals surface area contributed by atoms with Gasteiger partial charge in [0.05, 0.1) is 26.5 Å². The summed E-state index contributed by atoms with van der Waals surface area (Å²) in [4.78, 5) is 14.1. The predicted molar refractivity (Wildman–Crippen MR) is 96.7 cm³/mol. The Bertz CT molecular complexity index is 708. The molecule has 1 aromatic heterocycles. The number of amides is 1. The molecule has 6 nitrogen and oxygen atoms in total. The van der Waals surface area contributed by atoms with Crippen molar-refractivity contribution in [3.05, 3.63) is 54.0 Å². The van der Waals surface area contributed by atoms with Crippen molar-refractivity contribution >= 4 is 12.0 Å². The number of hydrogen-bond acceptors (Lipinski definition) is 5. The molecule has 1 heterocycles. The van der Waals surface area contributed by atoms with E-state index in [1.165, 1.54) is 6.08 Å². The summed E-state index contributed by atoms with van der Waals surface area (Å²) in [5.41, 5.74) is 0.771. The summed E-state index contributed by atoms with van der Waals surface area (Å²) in [5, 5.41) is 2.89. The van der Waals surface area contributed by atoms with Crippen molar-refractivity contribution in [1.82, 2.24) is 10.2 Å². The van der Waals surface area contributed by atoms with Gasteiger partial charge in [0.25, 0.3) is 0 Å². The summed E-state index contributed by atoms with van der Waals surface area (Å²) >= 11 is 0. The Labute approximate surface area is 148 Å². The van der Waals surface area contributed by atoms with Crippen LogP contribution in [0.4, 0.5) is 0 Å². The second-order valence-electron chi connectivity index (χ2n) is 5.68. The van der Waals surface area contributed by atoms with E-state index in [-0.39, 0.29) is 11.9 Å². The van der Waals surface area contributed by atoms with Crippen molar-refractivity contribution in [2.45, 2.75) is 6.04 Å². The highest BCUT2D eigenvalue weighted by Gasteiger charge is 2.17. The highest BCUT2D eigenvalue weighted by atomic mass is 16.5. The molecule has 1 atom stereocenters. The molecule has 0 spiro atoms. The van der Waals surface area contributed by atoms with Crippen LogP contribution in [0.25, 0.3) is 6.08 Å². The molecule has 0 fully saturated rings. The van der Waals surface area contributed by atoms with Gasteiger partial charge in [0.1, 0.15) is 17.3 Å². The van der Waals surface area contributed by atoms with E-state index in [2.05, 4.69) is 5.32 Å². The van der Waals surface area contributed by atoms with Gasteiger partial charge in [-0.2, -0.15) is 0 Å². The number of ether oxygens (including phenoxy) is 2. The van der Waals surface area contributed by atoms with E-state index in [0.29, 0.717) is 18.0 Å². The quantitative estimate of drug-likeness (QED) is 0.746. The van der Waals surface area contributed by atoms with Crippen LogP contribution in [0, 0.1) is 0 Å². The van der Waals surface area contributed by atoms with Crippen LogP contribution in [0.2, 0.25) is 0 Å². The molecule has 0 aliphatic rings. The molecule has 2 rings (SSSR count). The minimum Gasteiger partial charge on any atom is -0.497 e. The minimum atomic E-state index is -0.191. The number of methoxy groups -OCH3 is 2. The molecule has 1 aromatic carbocycles. The van der Waals surface area contributed by atoms with Gasteiger partial charge in [0.2, 0.25) is 5.91 Å². The fourth-order valence-corrected chi connectivity index (χ4v) is 2.41. The number of nitrogens with one attached hydrogen (secondary N) is 1. The summed E-state index contributed by atoms with van der Waals surface area (Å²) in [7, 11) is 7.06. The fourth-order valence-electron chi connectivity index (χ4n) is 2.41. The Morgan fingerprint density at radius 2 is 2.08 bits per heavy atom. The van der Waals surface area contributed by atoms with E-state index < -0.39 is 0 Å². The van der Waals surface area contributed by atoms with Crippen LogP contribution in [-0.2, 0) is 4.79 Å². The summed E-state index contributed by atoms with van der Waals surface area (Å²) in [6.07, 6.45) is 4.81. The molecule has 6 heteroatoms. The van der Waals surface area contributed by atoms with Gasteiger partial charge < -0.3 is 19.2 Å². The van der Waals surface area contributed by atoms with E-state index in [4.69, 9.17) is 13.9 Å². The SMILES string of the molecule is COc1ccc(OC)c(/C=C/C(=O)NCC(c2ccco2)N(C)C)c1. The van der Waals surface area contributed by atoms with Gasteiger partial charge in [-0.15, -0.1) is 0 Å². The van der Waals surface area contributed by atoms with Crippen LogP contribution in [0.1, 0.15) is 17.4 Å². The lowest BCUT2D eigenvalue weighted by molar-refractivity contribution is -0.116. The number of carbonyl (C=O) groups is 1. The highest BCUT2D eigenvalue weighted by molar-refractivity contribution is 5.92. The monoisotopic (exact) mass is 344 g/mol. The molecule has 1 unspecified atom stereocenters. The van der Waals surface area contributed by atoms with Gasteiger partial charge in [0.15, 0.2) is 0 Å². The number of benzene rings is 1. The molecular formula is C19H24N2O4. The summed E-state index contributed by atoms with van der Waals surface area (Å²) in [6, 6.07) is 9.12. The molecule has 134 valence electrons. The lowest BCUT2D eigenvalue weighted by atomic mass is 10.1. The zero-order valence-corrected chi connectivity index (χ0v) is 15.0. The van der Waals surface area contributed by atoms with Crippen LogP contribution < -0.4 is 14.8 Å². The third-order valence-electron chi connectivity index (χ3n) is 3.82. The molecule has 0 saturated heterocycles. The molecule has 0 aliphatic carbocycles. The summed E-state index contributed by atoms with van der Waals surface area (Å²) < 4.78 is 15.9. The second-order valence-corrected chi connectivity index (χ2v) is 5.68. The molecule has 1 amide bonds. The first-order chi connectivity index (χ1) is 12.0. The van der Waals surface area contributed by atoms with E-state index in [1.54, 1.807) is 38.7 Å². The van der Waals surface area contributed by atoms with Crippen LogP contribution >= 0.6 is 0 Å². The van der Waals surface area contributed by atoms with Crippen LogP contribution in [0.15, 0.2) is 47.1 Å². The van der Waals surface area contributed by atoms with Crippen molar-refractivity contribution in [3.8, 4) is 11.5 Å². The van der Waals surface area contributed by atoms with E-state index in [0.717, 1.165) is 11.3 Å². The summed E-state index contributed by atoms with van der Waals surface area (Å²) in [6.45, 7) is 0.443. The number of hydrogen-bond donors (Lipinski definition) is 1. The number of rotatable bonds is 8. The summed E-state index contributed by atoms with van der Waals surface area (Å²) in [5.74, 6) is 1.99. The largest absolute Gasteiger partial charge is 0.497 e. The Balaban J connectivity index is 2.01. The van der Waals surface area contributed by atoms with Gasteiger partial charge in [-0.05, 0) is 50.5 Å². The number of furan rings is 1. The smallest absolute Gasteiger partial charge is 0.244 e. The van der Waals surface area contributed by atoms with Crippen molar-refractivity contribution < 1.29 is 18.7 Å². The van der Waals surface area contributed by atoms with E-state index >= 15 is 0 Å². The highest BCUT2D eigenvalue weighted by Crippen LogP contribution is 2.25. The van der Waals surface area contributed by atoms with Gasteiger partial charge in [-0.25, -0.2) is 0 Å². The maximum Gasteiger partial charge on any atom is 0.244 e. The lowest BCUT2D eigenvalue weighted by Crippen LogP contribution is -2.33. The third-order valence-corrected chi connectivity index (χ3v) is 3.82. The Hall–Kier alpha value is -2.73. The normalized spacial score (nSPS) is 12.4. The molecule has 25 heavy (non-hydrogen) atoms. The molecule has 0 aliphatic heterocycles. The maximum absolute atomic E-state index is 12.1. The van der Waals surface area contributed by atoms with E-state index in [9.17, 15) is 4.79 Å². The van der Waals surface area contributed by atoms with Gasteiger partial charge >= 0.3 is 0 Å². The van der Waals surface area contributed by atoms with Crippen molar-refractivity contribution in [1.29, 1.82) is 0 Å². The number of carbonyl (C=O) groups excluding carboxylic acids is 1. The molecular weight excluding hydrogens is 320 g/mol. The number of likely N-dealkylation sites (N-methyl/N-ethyl adjacent to an activating group) is 1. The molecule has 0 bridgehead atoms. The first-order valence-corrected chi connectivity index (χ1v) is 7.93. The zero-order valence-electron chi connectivity index (χ0n) is 15.0. The Morgan fingerprint density at radius 3 is 2.68 bits per heavy atom. The first-order valence-electron chi connectivity index (χ1n) is 7.93. The average molecular weight is 344 g/mol. The molecule has 2 aromatic rings. The Kier molecular flexibility index (Phi) is 6.65. The Morgan fingerprint density at radius 1 is 1.28 bits per heavy atom. The fraction of sp³-hybridized carbons (Fsp3) is 0.316. The van der Waals surface area contributed by atoms with Crippen LogP contribution in [0.5, 0.6) is 11.5 Å². The minimum absolute atomic E-state index is 0.0290. The predicted octanol–water partition coefficient (Wildman–Crippen LogP) is 2.73. The maximum atomic E-state index is 12.1. The van der Waals surface area contributed by atoms with Gasteiger partial charge in [-0.1, -0.05) is 0 Å². The van der Waals surface area contributed by atoms with Gasteiger partial charge in [-0.3, -0.25) is 9.69 Å². The first kappa shape index (κ1) is 18.6. The van der Waals surface area contributed by atoms with Crippen molar-refractivity contribution in [2.24, 2.45) is 0 Å². The van der Waals surface area contributed by atoms with Crippen LogP contribution in [0.3, 0.4) is 0 Å². The van der Waals surface area contributed by atoms with Gasteiger partial charge in [0, 0.05) is 18.2 Å². The third kappa shape index (κ3) is 5.12. The molecule has 0 saturated carbocycles. The number of nitrogens with zero attached hydrogens (tertiary/aromatic N) is 1. The van der Waals surface area contributed by atoms with E-state index in [1.807, 2.05) is 37.2 Å². The molecule has 1 N–H and O–H groups in total. The molecule has 0 radical (unpaired) electrons. The second kappa shape index (κ2) is 8.94. The van der Waals surface area contributed by atoms with Crippen molar-refractivity contribution in [3.63, 3.8) is 0 Å². The van der Waals surface area contributed by atoms with Crippen molar-refractivity contribution in [2.75, 3.05) is 34.9 Å². The lowest BCUT2D eigenvalue weighted by Gasteiger charge is -2.22. The standard InChI is InChI=1S/C19H24N2O4/c1-21(2)16(18-6-5-11-25-18)13-20-19(22)10-7-14-12-15(23-3)8-9-17(14)24-4/h5-12,16H,13H2,1-4H3,(H,20,22)/b10-7+. The van der Waals surface area contributed by atoms with Crippen LogP contribution in [-0.4, -0.2) is 45.7 Å².